The molecule has 1 saturated heterocycles. The van der Waals surface area contributed by atoms with Crippen LogP contribution in [0.25, 0.3) is 0 Å². The van der Waals surface area contributed by atoms with Gasteiger partial charge in [-0.05, 0) is 0 Å². The van der Waals surface area contributed by atoms with Gasteiger partial charge in [-0.2, -0.15) is 13.2 Å². The number of anilines is 1. The van der Waals surface area contributed by atoms with Gasteiger partial charge in [-0.25, -0.2) is 0 Å². The van der Waals surface area contributed by atoms with Gasteiger partial charge in [0, 0.05) is 33.7 Å². The number of halogens is 3. The first-order valence-electron chi connectivity index (χ1n) is 5.90. The molecular weight excluding hydrogens is 295 g/mol. The van der Waals surface area contributed by atoms with Crippen LogP contribution in [-0.4, -0.2) is 60.8 Å². The van der Waals surface area contributed by atoms with Crippen molar-refractivity contribution in [2.75, 3.05) is 38.6 Å². The fourth-order valence-corrected chi connectivity index (χ4v) is 2.69. The molecule has 1 atom stereocenters. The Hall–Kier alpha value is -1.42. The molecule has 112 valence electrons. The van der Waals surface area contributed by atoms with Gasteiger partial charge in [0.1, 0.15) is 6.04 Å². The van der Waals surface area contributed by atoms with E-state index < -0.39 is 17.2 Å². The molecule has 0 aromatic carbocycles. The highest BCUT2D eigenvalue weighted by atomic mass is 32.1. The van der Waals surface area contributed by atoms with Crippen LogP contribution >= 0.6 is 11.3 Å². The van der Waals surface area contributed by atoms with Crippen molar-refractivity contribution < 1.29 is 18.0 Å². The second kappa shape index (κ2) is 5.52. The quantitative estimate of drug-likeness (QED) is 0.858. The summed E-state index contributed by atoms with van der Waals surface area (Å²) in [5.41, 5.74) is 0. The number of piperazine rings is 1. The first kappa shape index (κ1) is 15.0. The van der Waals surface area contributed by atoms with Crippen molar-refractivity contribution in [2.24, 2.45) is 0 Å². The number of amides is 1. The van der Waals surface area contributed by atoms with Gasteiger partial charge in [-0.3, -0.25) is 4.79 Å². The van der Waals surface area contributed by atoms with Gasteiger partial charge in [-0.15, -0.1) is 10.2 Å². The monoisotopic (exact) mass is 309 g/mol. The molecule has 1 aliphatic heterocycles. The molecule has 1 fully saturated rings. The minimum absolute atomic E-state index is 0.124. The van der Waals surface area contributed by atoms with E-state index in [1.165, 1.54) is 4.90 Å². The average Bonchev–Trinajstić information content (AvgIpc) is 2.87. The molecule has 0 aliphatic carbocycles. The molecule has 0 radical (unpaired) electrons. The lowest BCUT2D eigenvalue weighted by molar-refractivity contribution is -0.138. The van der Waals surface area contributed by atoms with Crippen LogP contribution < -0.4 is 10.2 Å². The second-order valence-corrected chi connectivity index (χ2v) is 5.49. The van der Waals surface area contributed by atoms with Crippen LogP contribution in [0.15, 0.2) is 0 Å². The highest BCUT2D eigenvalue weighted by Gasteiger charge is 2.38. The lowest BCUT2D eigenvalue weighted by Gasteiger charge is -2.35. The van der Waals surface area contributed by atoms with Crippen LogP contribution in [-0.2, 0) is 11.0 Å². The van der Waals surface area contributed by atoms with Crippen molar-refractivity contribution in [3.63, 3.8) is 0 Å². The molecule has 0 bridgehead atoms. The smallest absolute Gasteiger partial charge is 0.347 e. The standard InChI is InChI=1S/C10H14F3N5OS/c1-17(2)7(19)6-5-14-3-4-18(6)9-16-15-8(20-9)10(11,12)13/h6,14H,3-5H2,1-2H3. The van der Waals surface area contributed by atoms with Crippen LogP contribution in [0.2, 0.25) is 0 Å². The number of likely N-dealkylation sites (N-methyl/N-ethyl adjacent to an activating group) is 1. The minimum atomic E-state index is -4.51. The number of aromatic nitrogens is 2. The van der Waals surface area contributed by atoms with E-state index in [2.05, 4.69) is 15.5 Å². The molecule has 1 N–H and O–H groups in total. The van der Waals surface area contributed by atoms with Crippen LogP contribution in [0.4, 0.5) is 18.3 Å². The van der Waals surface area contributed by atoms with Crippen molar-refractivity contribution in [3.8, 4) is 0 Å². The highest BCUT2D eigenvalue weighted by molar-refractivity contribution is 7.15. The van der Waals surface area contributed by atoms with Crippen LogP contribution in [0, 0.1) is 0 Å². The average molecular weight is 309 g/mol. The summed E-state index contributed by atoms with van der Waals surface area (Å²) in [6, 6.07) is -0.562. The van der Waals surface area contributed by atoms with Crippen molar-refractivity contribution in [1.29, 1.82) is 0 Å². The maximum atomic E-state index is 12.6. The molecule has 1 amide bonds. The summed E-state index contributed by atoms with van der Waals surface area (Å²) in [5, 5.41) is 8.91. The van der Waals surface area contributed by atoms with Crippen molar-refractivity contribution >= 4 is 22.4 Å². The van der Waals surface area contributed by atoms with E-state index in [9.17, 15) is 18.0 Å². The molecule has 20 heavy (non-hydrogen) atoms. The summed E-state index contributed by atoms with van der Waals surface area (Å²) < 4.78 is 37.7. The van der Waals surface area contributed by atoms with E-state index in [-0.39, 0.29) is 11.0 Å². The van der Waals surface area contributed by atoms with Crippen LogP contribution in [0.5, 0.6) is 0 Å². The molecular formula is C10H14F3N5OS. The molecule has 0 spiro atoms. The molecule has 0 saturated carbocycles. The lowest BCUT2D eigenvalue weighted by Crippen LogP contribution is -2.57. The largest absolute Gasteiger partial charge is 0.445 e. The third-order valence-electron chi connectivity index (χ3n) is 2.87. The summed E-state index contributed by atoms with van der Waals surface area (Å²) in [5.74, 6) is -0.180. The number of carbonyl (C=O) groups excluding carboxylic acids is 1. The number of hydrogen-bond donors (Lipinski definition) is 1. The Kier molecular flexibility index (Phi) is 4.14. The van der Waals surface area contributed by atoms with Gasteiger partial charge in [0.05, 0.1) is 0 Å². The van der Waals surface area contributed by atoms with Crippen LogP contribution in [0.1, 0.15) is 5.01 Å². The van der Waals surface area contributed by atoms with Gasteiger partial charge in [0.2, 0.25) is 16.0 Å². The summed E-state index contributed by atoms with van der Waals surface area (Å²) in [4.78, 5) is 15.1. The molecule has 1 aromatic rings. The highest BCUT2D eigenvalue weighted by Crippen LogP contribution is 2.35. The van der Waals surface area contributed by atoms with Crippen LogP contribution in [0.3, 0.4) is 0 Å². The minimum Gasteiger partial charge on any atom is -0.347 e. The molecule has 1 aromatic heterocycles. The first-order valence-corrected chi connectivity index (χ1v) is 6.71. The SMILES string of the molecule is CN(C)C(=O)C1CNCCN1c1nnc(C(F)(F)F)s1. The molecule has 2 rings (SSSR count). The summed E-state index contributed by atoms with van der Waals surface area (Å²) >= 11 is 0.459. The third kappa shape index (κ3) is 3.01. The van der Waals surface area contributed by atoms with E-state index in [1.807, 2.05) is 0 Å². The Labute approximate surface area is 117 Å². The molecule has 10 heteroatoms. The van der Waals surface area contributed by atoms with E-state index in [0.29, 0.717) is 31.0 Å². The zero-order chi connectivity index (χ0) is 14.9. The second-order valence-electron chi connectivity index (χ2n) is 4.53. The molecule has 1 unspecified atom stereocenters. The Morgan fingerprint density at radius 2 is 2.15 bits per heavy atom. The normalized spacial score (nSPS) is 20.1. The van der Waals surface area contributed by atoms with Gasteiger partial charge in [0.25, 0.3) is 0 Å². The topological polar surface area (TPSA) is 61.4 Å². The van der Waals surface area contributed by atoms with E-state index in [4.69, 9.17) is 0 Å². The van der Waals surface area contributed by atoms with Gasteiger partial charge in [0.15, 0.2) is 0 Å². The Balaban J connectivity index is 2.24. The number of alkyl halides is 3. The van der Waals surface area contributed by atoms with Gasteiger partial charge in [-0.1, -0.05) is 11.3 Å². The zero-order valence-electron chi connectivity index (χ0n) is 10.9. The zero-order valence-corrected chi connectivity index (χ0v) is 11.8. The molecule has 1 aliphatic rings. The lowest BCUT2D eigenvalue weighted by atomic mass is 10.2. The number of nitrogens with one attached hydrogen (secondary N) is 1. The Morgan fingerprint density at radius 1 is 1.45 bits per heavy atom. The van der Waals surface area contributed by atoms with Crippen molar-refractivity contribution in [2.45, 2.75) is 12.2 Å². The number of nitrogens with zero attached hydrogens (tertiary/aromatic N) is 4. The van der Waals surface area contributed by atoms with Crippen molar-refractivity contribution in [1.82, 2.24) is 20.4 Å². The van der Waals surface area contributed by atoms with Crippen molar-refractivity contribution in [3.05, 3.63) is 5.01 Å². The number of rotatable bonds is 2. The summed E-state index contributed by atoms with van der Waals surface area (Å²) in [6.45, 7) is 1.37. The maximum Gasteiger partial charge on any atom is 0.445 e. The molecule has 2 heterocycles. The number of hydrogen-bond acceptors (Lipinski definition) is 6. The Morgan fingerprint density at radius 3 is 2.70 bits per heavy atom. The van der Waals surface area contributed by atoms with E-state index >= 15 is 0 Å². The predicted molar refractivity (Wildman–Crippen MR) is 67.6 cm³/mol. The van der Waals surface area contributed by atoms with Gasteiger partial charge >= 0.3 is 6.18 Å². The summed E-state index contributed by atoms with van der Waals surface area (Å²) in [6.07, 6.45) is -4.51. The maximum absolute atomic E-state index is 12.6. The first-order chi connectivity index (χ1) is 9.30. The third-order valence-corrected chi connectivity index (χ3v) is 3.88. The van der Waals surface area contributed by atoms with Gasteiger partial charge < -0.3 is 15.1 Å². The predicted octanol–water partition coefficient (Wildman–Crippen LogP) is 0.423. The molecule has 6 nitrogen and oxygen atoms in total. The fraction of sp³-hybridized carbons (Fsp3) is 0.700. The number of carbonyl (C=O) groups is 1. The Bertz CT molecular complexity index is 489. The van der Waals surface area contributed by atoms with E-state index in [0.717, 1.165) is 0 Å². The fourth-order valence-electron chi connectivity index (χ4n) is 1.90. The van der Waals surface area contributed by atoms with E-state index in [1.54, 1.807) is 19.0 Å². The summed E-state index contributed by atoms with van der Waals surface area (Å²) in [7, 11) is 3.22.